The van der Waals surface area contributed by atoms with Gasteiger partial charge in [-0.1, -0.05) is 0 Å². The fourth-order valence-corrected chi connectivity index (χ4v) is 11.1. The molecule has 4 aromatic rings. The Kier molecular flexibility index (Phi) is 6.01. The summed E-state index contributed by atoms with van der Waals surface area (Å²) in [5, 5.41) is 4.34. The molecule has 0 aliphatic heterocycles. The molecule has 0 saturated carbocycles. The van der Waals surface area contributed by atoms with E-state index in [2.05, 4.69) is 118 Å². The molecule has 0 fully saturated rings. The second kappa shape index (κ2) is 8.44. The molecule has 0 aromatic heterocycles. The predicted molar refractivity (Wildman–Crippen MR) is 140 cm³/mol. The van der Waals surface area contributed by atoms with Gasteiger partial charge in [-0.2, -0.15) is 0 Å². The summed E-state index contributed by atoms with van der Waals surface area (Å²) >= 11 is 15.0. The molecule has 0 spiro atoms. The molecule has 0 saturated heterocycles. The van der Waals surface area contributed by atoms with Gasteiger partial charge in [0.2, 0.25) is 0 Å². The first kappa shape index (κ1) is 22.1. The SMILES string of the molecule is Cc1cc(C)c(CP(Cl)(c2ccccc2)(c2ccccc2)c2ccccc2)c(C)c1Cl. The molecular weight excluding hydrogens is 438 g/mol. The van der Waals surface area contributed by atoms with Crippen LogP contribution < -0.4 is 15.9 Å². The van der Waals surface area contributed by atoms with E-state index in [9.17, 15) is 0 Å². The summed E-state index contributed by atoms with van der Waals surface area (Å²) in [5.41, 5.74) is 4.70. The summed E-state index contributed by atoms with van der Waals surface area (Å²) in [7, 11) is 0. The van der Waals surface area contributed by atoms with Gasteiger partial charge in [-0.05, 0) is 0 Å². The van der Waals surface area contributed by atoms with E-state index in [1.165, 1.54) is 27.0 Å². The third kappa shape index (κ3) is 3.62. The summed E-state index contributed by atoms with van der Waals surface area (Å²) < 4.78 is 0. The van der Waals surface area contributed by atoms with Crippen molar-refractivity contribution in [2.24, 2.45) is 0 Å². The summed E-state index contributed by atoms with van der Waals surface area (Å²) in [6.45, 7) is 6.36. The van der Waals surface area contributed by atoms with Gasteiger partial charge in [0.25, 0.3) is 0 Å². The molecule has 0 heterocycles. The Morgan fingerprint density at radius 3 is 1.39 bits per heavy atom. The molecule has 4 rings (SSSR count). The number of hydrogen-bond acceptors (Lipinski definition) is 0. The van der Waals surface area contributed by atoms with E-state index in [0.29, 0.717) is 6.16 Å². The Morgan fingerprint density at radius 2 is 1.00 bits per heavy atom. The van der Waals surface area contributed by atoms with Crippen LogP contribution in [0.2, 0.25) is 5.02 Å². The van der Waals surface area contributed by atoms with Crippen molar-refractivity contribution in [3.05, 3.63) is 124 Å². The first-order valence-electron chi connectivity index (χ1n) is 10.5. The van der Waals surface area contributed by atoms with Crippen LogP contribution in [0.4, 0.5) is 0 Å². The van der Waals surface area contributed by atoms with Gasteiger partial charge in [0.05, 0.1) is 0 Å². The molecule has 0 N–H and O–H groups in total. The van der Waals surface area contributed by atoms with Crippen LogP contribution in [0.1, 0.15) is 22.3 Å². The van der Waals surface area contributed by atoms with Crippen LogP contribution in [0.25, 0.3) is 0 Å². The van der Waals surface area contributed by atoms with Gasteiger partial charge in [-0.25, -0.2) is 0 Å². The Labute approximate surface area is 195 Å². The van der Waals surface area contributed by atoms with E-state index in [1.54, 1.807) is 0 Å². The topological polar surface area (TPSA) is 0 Å². The molecule has 0 nitrogen and oxygen atoms in total. The van der Waals surface area contributed by atoms with Crippen LogP contribution in [0, 0.1) is 20.8 Å². The first-order valence-corrected chi connectivity index (χ1v) is 14.2. The van der Waals surface area contributed by atoms with E-state index >= 15 is 0 Å². The Hall–Kier alpha value is -2.11. The zero-order valence-electron chi connectivity index (χ0n) is 18.1. The van der Waals surface area contributed by atoms with E-state index in [1.807, 2.05) is 0 Å². The summed E-state index contributed by atoms with van der Waals surface area (Å²) in [5.74, 6) is -3.37. The minimum atomic E-state index is -3.37. The van der Waals surface area contributed by atoms with Gasteiger partial charge in [0, 0.05) is 0 Å². The fourth-order valence-electron chi connectivity index (χ4n) is 4.68. The quantitative estimate of drug-likeness (QED) is 0.269. The van der Waals surface area contributed by atoms with Gasteiger partial charge in [-0.15, -0.1) is 0 Å². The van der Waals surface area contributed by atoms with E-state index < -0.39 is 5.96 Å². The molecule has 158 valence electrons. The molecule has 0 aliphatic carbocycles. The Bertz CT molecular complexity index is 1100. The Morgan fingerprint density at radius 1 is 0.613 bits per heavy atom. The standard InChI is InChI=1S/C28H27Cl2P/c1-21-19-22(2)28(29)23(3)27(21)20-31(30,24-13-7-4-8-14-24,25-15-9-5-10-16-25)26-17-11-6-12-18-26/h4-19H,20H2,1-3H3. The fraction of sp³-hybridized carbons (Fsp3) is 0.143. The van der Waals surface area contributed by atoms with Crippen molar-refractivity contribution in [3.8, 4) is 0 Å². The second-order valence-corrected chi connectivity index (χ2v) is 15.1. The van der Waals surface area contributed by atoms with Crippen LogP contribution in [0.15, 0.2) is 97.1 Å². The molecule has 3 heteroatoms. The van der Waals surface area contributed by atoms with Crippen molar-refractivity contribution < 1.29 is 0 Å². The molecule has 0 atom stereocenters. The molecule has 0 radical (unpaired) electrons. The van der Waals surface area contributed by atoms with Crippen LogP contribution in [-0.2, 0) is 6.16 Å². The van der Waals surface area contributed by atoms with Crippen LogP contribution in [0.3, 0.4) is 0 Å². The molecule has 31 heavy (non-hydrogen) atoms. The zero-order valence-corrected chi connectivity index (χ0v) is 20.6. The van der Waals surface area contributed by atoms with Crippen molar-refractivity contribution in [2.75, 3.05) is 0 Å². The number of rotatable bonds is 5. The van der Waals surface area contributed by atoms with Crippen molar-refractivity contribution in [1.29, 1.82) is 0 Å². The molecular formula is C28H27Cl2P. The van der Waals surface area contributed by atoms with Crippen LogP contribution in [-0.4, -0.2) is 0 Å². The number of halogens is 2. The molecule has 0 aliphatic rings. The second-order valence-electron chi connectivity index (χ2n) is 8.28. The Balaban J connectivity index is 2.14. The van der Waals surface area contributed by atoms with E-state index in [-0.39, 0.29) is 0 Å². The first-order chi connectivity index (χ1) is 14.9. The normalized spacial score (nSPS) is 12.9. The average Bonchev–Trinajstić information content (AvgIpc) is 2.82. The van der Waals surface area contributed by atoms with Crippen LogP contribution >= 0.6 is 28.8 Å². The van der Waals surface area contributed by atoms with Crippen molar-refractivity contribution in [1.82, 2.24) is 0 Å². The number of hydrogen-bond donors (Lipinski definition) is 0. The summed E-state index contributed by atoms with van der Waals surface area (Å²) in [6.07, 6.45) is 0.711. The molecule has 0 bridgehead atoms. The van der Waals surface area contributed by atoms with Crippen LogP contribution in [0.5, 0.6) is 0 Å². The molecule has 4 aromatic carbocycles. The maximum atomic E-state index is 8.23. The average molecular weight is 465 g/mol. The van der Waals surface area contributed by atoms with Gasteiger partial charge >= 0.3 is 196 Å². The summed E-state index contributed by atoms with van der Waals surface area (Å²) in [6, 6.07) is 34.0. The summed E-state index contributed by atoms with van der Waals surface area (Å²) in [4.78, 5) is 0. The van der Waals surface area contributed by atoms with Gasteiger partial charge in [0.1, 0.15) is 0 Å². The van der Waals surface area contributed by atoms with Gasteiger partial charge in [-0.3, -0.25) is 0 Å². The third-order valence-corrected chi connectivity index (χ3v) is 14.1. The monoisotopic (exact) mass is 464 g/mol. The maximum absolute atomic E-state index is 8.23. The predicted octanol–water partition coefficient (Wildman–Crippen LogP) is 7.45. The zero-order chi connectivity index (χ0) is 22.1. The van der Waals surface area contributed by atoms with Gasteiger partial charge < -0.3 is 0 Å². The molecule has 0 amide bonds. The van der Waals surface area contributed by atoms with Gasteiger partial charge in [0.15, 0.2) is 0 Å². The number of aryl methyl sites for hydroxylation is 2. The third-order valence-electron chi connectivity index (χ3n) is 6.38. The number of benzene rings is 4. The van der Waals surface area contributed by atoms with E-state index in [0.717, 1.165) is 16.1 Å². The van der Waals surface area contributed by atoms with Crippen molar-refractivity contribution >= 4 is 44.7 Å². The van der Waals surface area contributed by atoms with E-state index in [4.69, 9.17) is 22.8 Å². The minimum absolute atomic E-state index is 0.711. The molecule has 0 unspecified atom stereocenters. The van der Waals surface area contributed by atoms with Crippen molar-refractivity contribution in [3.63, 3.8) is 0 Å². The van der Waals surface area contributed by atoms with Crippen molar-refractivity contribution in [2.45, 2.75) is 26.9 Å².